The molecular weight excluding hydrogens is 210 g/mol. The highest BCUT2D eigenvalue weighted by molar-refractivity contribution is 5.01. The van der Waals surface area contributed by atoms with Gasteiger partial charge in [0.25, 0.3) is 0 Å². The summed E-state index contributed by atoms with van der Waals surface area (Å²) in [5.74, 6) is 0.923. The van der Waals surface area contributed by atoms with E-state index >= 15 is 0 Å². The van der Waals surface area contributed by atoms with Gasteiger partial charge in [-0.2, -0.15) is 0 Å². The zero-order valence-corrected chi connectivity index (χ0v) is 11.8. The lowest BCUT2D eigenvalue weighted by atomic mass is 9.75. The van der Waals surface area contributed by atoms with Crippen LogP contribution in [0.25, 0.3) is 0 Å². The van der Waals surface area contributed by atoms with E-state index in [9.17, 15) is 0 Å². The topological polar surface area (TPSA) is 9.72 Å². The minimum atomic E-state index is 0.511. The normalized spacial score (nSPS) is 31.1. The third-order valence-electron chi connectivity index (χ3n) is 5.10. The van der Waals surface area contributed by atoms with Crippen molar-refractivity contribution in [3.05, 3.63) is 0 Å². The van der Waals surface area contributed by atoms with E-state index in [2.05, 4.69) is 42.5 Å². The van der Waals surface area contributed by atoms with Crippen molar-refractivity contribution in [2.75, 3.05) is 46.3 Å². The molecule has 0 amide bonds. The first kappa shape index (κ1) is 11.9. The molecule has 3 heterocycles. The van der Waals surface area contributed by atoms with Gasteiger partial charge in [0.05, 0.1) is 0 Å². The number of hydrogen-bond acceptors (Lipinski definition) is 3. The molecule has 0 aliphatic carbocycles. The average molecular weight is 237 g/mol. The van der Waals surface area contributed by atoms with Gasteiger partial charge in [0.15, 0.2) is 0 Å². The van der Waals surface area contributed by atoms with Crippen LogP contribution in [0.15, 0.2) is 0 Å². The van der Waals surface area contributed by atoms with Crippen molar-refractivity contribution in [1.29, 1.82) is 0 Å². The number of likely N-dealkylation sites (N-methyl/N-ethyl adjacent to an activating group) is 1. The Balaban J connectivity index is 1.37. The Hall–Kier alpha value is -0.120. The molecule has 3 aliphatic rings. The molecular formula is C14H27N3. The lowest BCUT2D eigenvalue weighted by Gasteiger charge is -2.58. The summed E-state index contributed by atoms with van der Waals surface area (Å²) in [6.45, 7) is 15.1. The molecule has 0 aromatic rings. The molecule has 3 rings (SSSR count). The van der Waals surface area contributed by atoms with Gasteiger partial charge in [0.1, 0.15) is 0 Å². The second kappa shape index (κ2) is 3.94. The van der Waals surface area contributed by atoms with E-state index in [1.807, 2.05) is 0 Å². The van der Waals surface area contributed by atoms with Crippen LogP contribution in [-0.4, -0.2) is 73.1 Å². The Bertz CT molecular complexity index is 278. The van der Waals surface area contributed by atoms with E-state index in [0.29, 0.717) is 5.41 Å². The maximum Gasteiger partial charge on any atom is 0.0351 e. The van der Waals surface area contributed by atoms with E-state index in [-0.39, 0.29) is 0 Å². The smallest absolute Gasteiger partial charge is 0.0351 e. The molecule has 3 heteroatoms. The first-order chi connectivity index (χ1) is 7.93. The molecule has 0 atom stereocenters. The van der Waals surface area contributed by atoms with Gasteiger partial charge in [-0.3, -0.25) is 9.80 Å². The zero-order valence-electron chi connectivity index (χ0n) is 11.8. The summed E-state index contributed by atoms with van der Waals surface area (Å²) in [6, 6.07) is 1.75. The van der Waals surface area contributed by atoms with E-state index in [1.165, 1.54) is 39.3 Å². The maximum atomic E-state index is 2.70. The third-order valence-corrected chi connectivity index (χ3v) is 5.10. The van der Waals surface area contributed by atoms with Gasteiger partial charge in [-0.15, -0.1) is 0 Å². The minimum Gasteiger partial charge on any atom is -0.303 e. The van der Waals surface area contributed by atoms with Gasteiger partial charge in [0.2, 0.25) is 0 Å². The second-order valence-electron chi connectivity index (χ2n) is 7.50. The predicted molar refractivity (Wildman–Crippen MR) is 71.2 cm³/mol. The van der Waals surface area contributed by atoms with E-state index < -0.39 is 0 Å². The summed E-state index contributed by atoms with van der Waals surface area (Å²) < 4.78 is 0. The fourth-order valence-electron chi connectivity index (χ4n) is 3.27. The highest BCUT2D eigenvalue weighted by atomic mass is 15.4. The van der Waals surface area contributed by atoms with Gasteiger partial charge in [0, 0.05) is 51.4 Å². The molecule has 0 radical (unpaired) electrons. The monoisotopic (exact) mass is 237 g/mol. The van der Waals surface area contributed by atoms with Crippen LogP contribution >= 0.6 is 0 Å². The summed E-state index contributed by atoms with van der Waals surface area (Å²) in [5, 5.41) is 0. The van der Waals surface area contributed by atoms with Crippen LogP contribution in [0.5, 0.6) is 0 Å². The molecule has 98 valence electrons. The molecule has 3 aliphatic heterocycles. The largest absolute Gasteiger partial charge is 0.303 e. The minimum absolute atomic E-state index is 0.511. The zero-order chi connectivity index (χ0) is 12.2. The molecule has 17 heavy (non-hydrogen) atoms. The fourth-order valence-corrected chi connectivity index (χ4v) is 3.27. The Morgan fingerprint density at radius 3 is 1.71 bits per heavy atom. The highest BCUT2D eigenvalue weighted by Gasteiger charge is 2.45. The SMILES string of the molecule is CN1CC(N2CC(N3CC(C(C)(C)C)C3)C2)C1. The van der Waals surface area contributed by atoms with Crippen LogP contribution in [0.4, 0.5) is 0 Å². The van der Waals surface area contributed by atoms with Crippen LogP contribution < -0.4 is 0 Å². The first-order valence-corrected chi connectivity index (χ1v) is 7.10. The summed E-state index contributed by atoms with van der Waals surface area (Å²) in [7, 11) is 2.22. The molecule has 3 fully saturated rings. The number of rotatable bonds is 2. The first-order valence-electron chi connectivity index (χ1n) is 7.10. The van der Waals surface area contributed by atoms with Crippen LogP contribution in [0.3, 0.4) is 0 Å². The molecule has 3 nitrogen and oxygen atoms in total. The van der Waals surface area contributed by atoms with E-state index in [1.54, 1.807) is 0 Å². The van der Waals surface area contributed by atoms with Gasteiger partial charge in [-0.25, -0.2) is 0 Å². The molecule has 3 saturated heterocycles. The van der Waals surface area contributed by atoms with Crippen molar-refractivity contribution in [3.63, 3.8) is 0 Å². The fraction of sp³-hybridized carbons (Fsp3) is 1.00. The van der Waals surface area contributed by atoms with Gasteiger partial charge in [-0.1, -0.05) is 20.8 Å². The maximum absolute atomic E-state index is 2.70. The van der Waals surface area contributed by atoms with Crippen molar-refractivity contribution in [2.45, 2.75) is 32.9 Å². The number of nitrogens with zero attached hydrogens (tertiary/aromatic N) is 3. The lowest BCUT2D eigenvalue weighted by molar-refractivity contribution is -0.0921. The molecule has 0 saturated carbocycles. The van der Waals surface area contributed by atoms with Gasteiger partial charge < -0.3 is 4.90 Å². The Morgan fingerprint density at radius 1 is 0.765 bits per heavy atom. The van der Waals surface area contributed by atoms with Crippen LogP contribution in [0.1, 0.15) is 20.8 Å². The Labute approximate surface area is 106 Å². The molecule has 0 N–H and O–H groups in total. The van der Waals surface area contributed by atoms with E-state index in [4.69, 9.17) is 0 Å². The van der Waals surface area contributed by atoms with Gasteiger partial charge in [-0.05, 0) is 18.4 Å². The molecule has 0 bridgehead atoms. The number of likely N-dealkylation sites (tertiary alicyclic amines) is 3. The van der Waals surface area contributed by atoms with Crippen molar-refractivity contribution in [2.24, 2.45) is 11.3 Å². The second-order valence-corrected chi connectivity index (χ2v) is 7.50. The van der Waals surface area contributed by atoms with Crippen LogP contribution in [0, 0.1) is 11.3 Å². The molecule has 0 aromatic heterocycles. The Kier molecular flexibility index (Phi) is 2.77. The van der Waals surface area contributed by atoms with Crippen molar-refractivity contribution in [1.82, 2.24) is 14.7 Å². The highest BCUT2D eigenvalue weighted by Crippen LogP contribution is 2.36. The lowest BCUT2D eigenvalue weighted by Crippen LogP contribution is -2.72. The third kappa shape index (κ3) is 2.13. The predicted octanol–water partition coefficient (Wildman–Crippen LogP) is 0.963. The molecule has 0 unspecified atom stereocenters. The quantitative estimate of drug-likeness (QED) is 0.708. The van der Waals surface area contributed by atoms with Crippen molar-refractivity contribution < 1.29 is 0 Å². The molecule has 0 spiro atoms. The van der Waals surface area contributed by atoms with Crippen molar-refractivity contribution >= 4 is 0 Å². The average Bonchev–Trinajstić information content (AvgIpc) is 1.99. The van der Waals surface area contributed by atoms with Crippen LogP contribution in [-0.2, 0) is 0 Å². The standard InChI is InChI=1S/C14H27N3/c1-14(2,3)11-5-16(6-11)13-9-17(10-13)12-7-15(4)8-12/h11-13H,5-10H2,1-4H3. The molecule has 0 aromatic carbocycles. The van der Waals surface area contributed by atoms with E-state index in [0.717, 1.165) is 18.0 Å². The summed E-state index contributed by atoms with van der Waals surface area (Å²) in [6.07, 6.45) is 0. The van der Waals surface area contributed by atoms with Crippen LogP contribution in [0.2, 0.25) is 0 Å². The summed E-state index contributed by atoms with van der Waals surface area (Å²) in [4.78, 5) is 7.79. The summed E-state index contributed by atoms with van der Waals surface area (Å²) >= 11 is 0. The Morgan fingerprint density at radius 2 is 1.24 bits per heavy atom. The van der Waals surface area contributed by atoms with Gasteiger partial charge >= 0.3 is 0 Å². The number of hydrogen-bond donors (Lipinski definition) is 0. The van der Waals surface area contributed by atoms with Crippen molar-refractivity contribution in [3.8, 4) is 0 Å². The summed E-state index contributed by atoms with van der Waals surface area (Å²) in [5.41, 5.74) is 0.511.